The second-order valence-electron chi connectivity index (χ2n) is 3.94. The van der Waals surface area contributed by atoms with E-state index in [2.05, 4.69) is 0 Å². The van der Waals surface area contributed by atoms with Crippen molar-refractivity contribution in [3.8, 4) is 0 Å². The van der Waals surface area contributed by atoms with E-state index < -0.39 is 0 Å². The van der Waals surface area contributed by atoms with Crippen LogP contribution in [-0.4, -0.2) is 18.5 Å². The summed E-state index contributed by atoms with van der Waals surface area (Å²) in [5.41, 5.74) is 2.51. The number of ether oxygens (including phenoxy) is 1. The molecule has 0 amide bonds. The highest BCUT2D eigenvalue weighted by molar-refractivity contribution is 5.99. The fourth-order valence-corrected chi connectivity index (χ4v) is 2.85. The van der Waals surface area contributed by atoms with Crippen LogP contribution < -0.4 is 0 Å². The summed E-state index contributed by atoms with van der Waals surface area (Å²) in [5.74, 6) is 0.973. The van der Waals surface area contributed by atoms with Crippen LogP contribution in [0, 0.1) is 5.92 Å². The predicted molar refractivity (Wildman–Crippen MR) is 43.7 cm³/mol. The van der Waals surface area contributed by atoms with Crippen molar-refractivity contribution >= 4 is 5.78 Å². The maximum Gasteiger partial charge on any atom is 0.159 e. The van der Waals surface area contributed by atoms with E-state index in [1.54, 1.807) is 0 Å². The highest BCUT2D eigenvalue weighted by Crippen LogP contribution is 2.46. The van der Waals surface area contributed by atoms with Gasteiger partial charge in [-0.3, -0.25) is 4.79 Å². The minimum absolute atomic E-state index is 0.324. The molecule has 2 aliphatic carbocycles. The van der Waals surface area contributed by atoms with Crippen molar-refractivity contribution in [1.82, 2.24) is 0 Å². The van der Waals surface area contributed by atoms with Gasteiger partial charge < -0.3 is 4.74 Å². The Morgan fingerprint density at radius 1 is 1.33 bits per heavy atom. The quantitative estimate of drug-likeness (QED) is 0.541. The normalized spacial score (nSPS) is 39.2. The predicted octanol–water partition coefficient (Wildman–Crippen LogP) is 1.45. The maximum absolute atomic E-state index is 11.5. The second kappa shape index (κ2) is 2.19. The first-order chi connectivity index (χ1) is 5.86. The van der Waals surface area contributed by atoms with Gasteiger partial charge in [-0.15, -0.1) is 0 Å². The van der Waals surface area contributed by atoms with Gasteiger partial charge in [0.2, 0.25) is 0 Å². The Kier molecular flexibility index (Phi) is 1.25. The van der Waals surface area contributed by atoms with E-state index >= 15 is 0 Å². The van der Waals surface area contributed by atoms with Crippen LogP contribution >= 0.6 is 0 Å². The molecule has 1 aliphatic heterocycles. The second-order valence-corrected chi connectivity index (χ2v) is 3.94. The van der Waals surface area contributed by atoms with Gasteiger partial charge in [-0.1, -0.05) is 0 Å². The summed E-state index contributed by atoms with van der Waals surface area (Å²) in [5, 5.41) is 0. The van der Waals surface area contributed by atoms with E-state index in [4.69, 9.17) is 4.74 Å². The standard InChI is InChI=1S/C10H12O2/c11-8-5-6-1-2-9-10(6)7(8)3-4-12-9/h6,9H,1-5H2/t6-,9-/m0/s1. The Labute approximate surface area is 71.6 Å². The van der Waals surface area contributed by atoms with Crippen LogP contribution in [0.3, 0.4) is 0 Å². The van der Waals surface area contributed by atoms with E-state index in [1.165, 1.54) is 12.0 Å². The van der Waals surface area contributed by atoms with Crippen molar-refractivity contribution in [3.05, 3.63) is 11.1 Å². The van der Waals surface area contributed by atoms with Gasteiger partial charge in [-0.25, -0.2) is 0 Å². The van der Waals surface area contributed by atoms with E-state index in [9.17, 15) is 4.79 Å². The van der Waals surface area contributed by atoms with Crippen molar-refractivity contribution in [2.45, 2.75) is 31.8 Å². The number of Topliss-reactive ketones (excluding diaryl/α,β-unsaturated/α-hetero) is 1. The largest absolute Gasteiger partial charge is 0.373 e. The van der Waals surface area contributed by atoms with Gasteiger partial charge in [-0.05, 0) is 36.3 Å². The Morgan fingerprint density at radius 3 is 3.17 bits per heavy atom. The third kappa shape index (κ3) is 0.712. The summed E-state index contributed by atoms with van der Waals surface area (Å²) in [6.07, 6.45) is 4.31. The van der Waals surface area contributed by atoms with Gasteiger partial charge in [0.15, 0.2) is 5.78 Å². The van der Waals surface area contributed by atoms with Crippen LogP contribution in [0.15, 0.2) is 11.1 Å². The molecule has 0 aromatic rings. The van der Waals surface area contributed by atoms with Crippen LogP contribution in [0.2, 0.25) is 0 Å². The molecule has 2 atom stereocenters. The average Bonchev–Trinajstić information content (AvgIpc) is 2.61. The van der Waals surface area contributed by atoms with E-state index in [-0.39, 0.29) is 0 Å². The Bertz CT molecular complexity index is 278. The number of hydrogen-bond acceptors (Lipinski definition) is 2. The lowest BCUT2D eigenvalue weighted by atomic mass is 10.0. The molecular formula is C10H12O2. The molecule has 0 bridgehead atoms. The Balaban J connectivity index is 2.10. The van der Waals surface area contributed by atoms with Crippen molar-refractivity contribution in [3.63, 3.8) is 0 Å². The Morgan fingerprint density at radius 2 is 2.25 bits per heavy atom. The molecule has 3 rings (SSSR count). The lowest BCUT2D eigenvalue weighted by molar-refractivity contribution is -0.115. The van der Waals surface area contributed by atoms with E-state index in [1.807, 2.05) is 0 Å². The highest BCUT2D eigenvalue weighted by atomic mass is 16.5. The molecule has 0 aromatic heterocycles. The average molecular weight is 164 g/mol. The summed E-state index contributed by atoms with van der Waals surface area (Å²) in [4.78, 5) is 11.5. The van der Waals surface area contributed by atoms with Crippen LogP contribution in [0.5, 0.6) is 0 Å². The number of carbonyl (C=O) groups excluding carboxylic acids is 1. The minimum Gasteiger partial charge on any atom is -0.373 e. The van der Waals surface area contributed by atoms with E-state index in [0.717, 1.165) is 31.4 Å². The van der Waals surface area contributed by atoms with Gasteiger partial charge >= 0.3 is 0 Å². The molecule has 12 heavy (non-hydrogen) atoms. The van der Waals surface area contributed by atoms with Gasteiger partial charge in [0.05, 0.1) is 12.7 Å². The molecule has 0 saturated heterocycles. The van der Waals surface area contributed by atoms with Crippen LogP contribution in [0.25, 0.3) is 0 Å². The minimum atomic E-state index is 0.324. The zero-order chi connectivity index (χ0) is 8.13. The smallest absolute Gasteiger partial charge is 0.159 e. The first-order valence-corrected chi connectivity index (χ1v) is 4.74. The topological polar surface area (TPSA) is 26.3 Å². The van der Waals surface area contributed by atoms with Crippen molar-refractivity contribution in [2.75, 3.05) is 6.61 Å². The first kappa shape index (κ1) is 6.84. The molecule has 1 heterocycles. The van der Waals surface area contributed by atoms with Gasteiger partial charge in [0.1, 0.15) is 0 Å². The van der Waals surface area contributed by atoms with Crippen LogP contribution in [0.1, 0.15) is 25.7 Å². The van der Waals surface area contributed by atoms with Gasteiger partial charge in [0, 0.05) is 6.42 Å². The number of carbonyl (C=O) groups is 1. The summed E-state index contributed by atoms with van der Waals surface area (Å²) >= 11 is 0. The molecule has 2 nitrogen and oxygen atoms in total. The van der Waals surface area contributed by atoms with Crippen LogP contribution in [-0.2, 0) is 9.53 Å². The van der Waals surface area contributed by atoms with Crippen molar-refractivity contribution in [1.29, 1.82) is 0 Å². The first-order valence-electron chi connectivity index (χ1n) is 4.74. The number of ketones is 1. The lowest BCUT2D eigenvalue weighted by Crippen LogP contribution is -2.19. The van der Waals surface area contributed by atoms with Gasteiger partial charge in [-0.2, -0.15) is 0 Å². The third-order valence-electron chi connectivity index (χ3n) is 3.35. The molecule has 2 heteroatoms. The SMILES string of the molecule is O=C1C[C@@H]2CC[C@@H]3OCCC1=C23. The molecule has 0 radical (unpaired) electrons. The molecule has 1 saturated carbocycles. The zero-order valence-electron chi connectivity index (χ0n) is 7.01. The molecule has 0 aromatic carbocycles. The van der Waals surface area contributed by atoms with Gasteiger partial charge in [0.25, 0.3) is 0 Å². The molecule has 0 spiro atoms. The molecule has 1 fully saturated rings. The van der Waals surface area contributed by atoms with Crippen molar-refractivity contribution in [2.24, 2.45) is 5.92 Å². The Hall–Kier alpha value is -0.630. The maximum atomic E-state index is 11.5. The van der Waals surface area contributed by atoms with Crippen LogP contribution in [0.4, 0.5) is 0 Å². The zero-order valence-corrected chi connectivity index (χ0v) is 7.01. The summed E-state index contributed by atoms with van der Waals surface area (Å²) in [6, 6.07) is 0. The highest BCUT2D eigenvalue weighted by Gasteiger charge is 2.42. The lowest BCUT2D eigenvalue weighted by Gasteiger charge is -2.20. The van der Waals surface area contributed by atoms with E-state index in [0.29, 0.717) is 17.8 Å². The molecule has 0 unspecified atom stereocenters. The molecule has 3 aliphatic rings. The summed E-state index contributed by atoms with van der Waals surface area (Å²) < 4.78 is 5.62. The molecular weight excluding hydrogens is 152 g/mol. The molecule has 0 N–H and O–H groups in total. The number of hydrogen-bond donors (Lipinski definition) is 0. The third-order valence-corrected chi connectivity index (χ3v) is 3.35. The summed E-state index contributed by atoms with van der Waals surface area (Å²) in [7, 11) is 0. The van der Waals surface area contributed by atoms with Crippen molar-refractivity contribution < 1.29 is 9.53 Å². The number of rotatable bonds is 0. The monoisotopic (exact) mass is 164 g/mol. The fourth-order valence-electron chi connectivity index (χ4n) is 2.85. The molecule has 64 valence electrons. The summed E-state index contributed by atoms with van der Waals surface area (Å²) in [6.45, 7) is 0.766. The fraction of sp³-hybridized carbons (Fsp3) is 0.700.